The van der Waals surface area contributed by atoms with E-state index in [4.69, 9.17) is 0 Å². The summed E-state index contributed by atoms with van der Waals surface area (Å²) in [7, 11) is 1.72. The Morgan fingerprint density at radius 1 is 1.32 bits per heavy atom. The third-order valence-corrected chi connectivity index (χ3v) is 4.94. The first-order valence-electron chi connectivity index (χ1n) is 8.35. The number of carbonyl (C=O) groups is 2. The van der Waals surface area contributed by atoms with Crippen LogP contribution in [0.3, 0.4) is 0 Å². The van der Waals surface area contributed by atoms with Gasteiger partial charge >= 0.3 is 0 Å². The Balaban J connectivity index is 0.00000312. The summed E-state index contributed by atoms with van der Waals surface area (Å²) in [5.41, 5.74) is 0. The van der Waals surface area contributed by atoms with Gasteiger partial charge in [0.05, 0.1) is 0 Å². The Labute approximate surface area is 170 Å². The number of likely N-dealkylation sites (tertiary alicyclic amines) is 1. The standard InChI is InChI=1S/C17H26N4O2S.HI/c1-12(11-14-8-7-13(2)24-14)20-17(18-3)19-9-10-21-15(22)5-4-6-16(21)23;/h7-8,12H,4-6,9-11H2,1-3H3,(H2,18,19,20);1H. The fourth-order valence-corrected chi connectivity index (χ4v) is 3.73. The number of hydrogen-bond acceptors (Lipinski definition) is 4. The molecular formula is C17H27IN4O2S. The van der Waals surface area contributed by atoms with E-state index in [9.17, 15) is 9.59 Å². The molecule has 1 aliphatic heterocycles. The number of guanidine groups is 1. The van der Waals surface area contributed by atoms with Crippen LogP contribution in [-0.4, -0.2) is 48.9 Å². The van der Waals surface area contributed by atoms with Crippen LogP contribution >= 0.6 is 35.3 Å². The molecule has 1 unspecified atom stereocenters. The highest BCUT2D eigenvalue weighted by Crippen LogP contribution is 2.16. The van der Waals surface area contributed by atoms with Crippen molar-refractivity contribution in [2.24, 2.45) is 4.99 Å². The summed E-state index contributed by atoms with van der Waals surface area (Å²) in [6, 6.07) is 4.53. The van der Waals surface area contributed by atoms with Gasteiger partial charge in [0.1, 0.15) is 0 Å². The van der Waals surface area contributed by atoms with E-state index in [1.54, 1.807) is 18.4 Å². The van der Waals surface area contributed by atoms with E-state index in [1.165, 1.54) is 14.7 Å². The van der Waals surface area contributed by atoms with E-state index in [2.05, 4.69) is 41.6 Å². The molecule has 8 heteroatoms. The average molecular weight is 478 g/mol. The summed E-state index contributed by atoms with van der Waals surface area (Å²) in [4.78, 5) is 31.7. The number of thiophene rings is 1. The normalized spacial score (nSPS) is 16.4. The van der Waals surface area contributed by atoms with Crippen LogP contribution in [0, 0.1) is 6.92 Å². The maximum Gasteiger partial charge on any atom is 0.229 e. The largest absolute Gasteiger partial charge is 0.355 e. The minimum atomic E-state index is -0.0718. The summed E-state index contributed by atoms with van der Waals surface area (Å²) in [5.74, 6) is 0.544. The van der Waals surface area contributed by atoms with Crippen molar-refractivity contribution < 1.29 is 9.59 Å². The summed E-state index contributed by atoms with van der Waals surface area (Å²) < 4.78 is 0. The number of hydrogen-bond donors (Lipinski definition) is 2. The molecule has 0 radical (unpaired) electrons. The van der Waals surface area contributed by atoms with Crippen LogP contribution in [0.4, 0.5) is 0 Å². The molecule has 1 aromatic heterocycles. The van der Waals surface area contributed by atoms with Crippen molar-refractivity contribution in [2.75, 3.05) is 20.1 Å². The van der Waals surface area contributed by atoms with Gasteiger partial charge in [0.25, 0.3) is 0 Å². The van der Waals surface area contributed by atoms with E-state index >= 15 is 0 Å². The van der Waals surface area contributed by atoms with Gasteiger partial charge in [0.15, 0.2) is 5.96 Å². The summed E-state index contributed by atoms with van der Waals surface area (Å²) in [5, 5.41) is 6.52. The molecule has 2 N–H and O–H groups in total. The molecule has 1 aromatic rings. The number of halogens is 1. The zero-order valence-electron chi connectivity index (χ0n) is 15.0. The van der Waals surface area contributed by atoms with E-state index < -0.39 is 0 Å². The van der Waals surface area contributed by atoms with Crippen molar-refractivity contribution >= 4 is 53.1 Å². The highest BCUT2D eigenvalue weighted by atomic mass is 127. The molecule has 140 valence electrons. The fraction of sp³-hybridized carbons (Fsp3) is 0.588. The zero-order valence-corrected chi connectivity index (χ0v) is 18.1. The van der Waals surface area contributed by atoms with Gasteiger partial charge in [-0.3, -0.25) is 19.5 Å². The van der Waals surface area contributed by atoms with E-state index in [0.717, 1.165) is 6.42 Å². The van der Waals surface area contributed by atoms with E-state index in [-0.39, 0.29) is 41.8 Å². The third-order valence-electron chi connectivity index (χ3n) is 3.92. The molecule has 1 fully saturated rings. The number of piperidine rings is 1. The van der Waals surface area contributed by atoms with Crippen molar-refractivity contribution in [1.82, 2.24) is 15.5 Å². The van der Waals surface area contributed by atoms with Crippen molar-refractivity contribution in [3.8, 4) is 0 Å². The molecule has 0 aromatic carbocycles. The minimum Gasteiger partial charge on any atom is -0.355 e. The number of imide groups is 1. The van der Waals surface area contributed by atoms with Crippen molar-refractivity contribution in [3.05, 3.63) is 21.9 Å². The molecule has 1 saturated heterocycles. The summed E-state index contributed by atoms with van der Waals surface area (Å²) in [6.07, 6.45) is 2.54. The second-order valence-electron chi connectivity index (χ2n) is 6.05. The Morgan fingerprint density at radius 2 is 2.00 bits per heavy atom. The SMILES string of the molecule is CN=C(NCCN1C(=O)CCCC1=O)NC(C)Cc1ccc(C)s1.I. The maximum atomic E-state index is 11.8. The monoisotopic (exact) mass is 478 g/mol. The van der Waals surface area contributed by atoms with Gasteiger partial charge in [-0.15, -0.1) is 35.3 Å². The lowest BCUT2D eigenvalue weighted by atomic mass is 10.1. The topological polar surface area (TPSA) is 73.8 Å². The smallest absolute Gasteiger partial charge is 0.229 e. The predicted molar refractivity (Wildman–Crippen MR) is 113 cm³/mol. The van der Waals surface area contributed by atoms with Crippen LogP contribution in [0.5, 0.6) is 0 Å². The number of nitrogens with zero attached hydrogens (tertiary/aromatic N) is 2. The Hall–Kier alpha value is -1.16. The van der Waals surface area contributed by atoms with Gasteiger partial charge in [-0.2, -0.15) is 0 Å². The van der Waals surface area contributed by atoms with Crippen LogP contribution < -0.4 is 10.6 Å². The molecule has 0 saturated carbocycles. The van der Waals surface area contributed by atoms with Crippen molar-refractivity contribution in [1.29, 1.82) is 0 Å². The minimum absolute atomic E-state index is 0. The molecule has 2 heterocycles. The lowest BCUT2D eigenvalue weighted by Crippen LogP contribution is -2.48. The first-order valence-corrected chi connectivity index (χ1v) is 9.17. The molecule has 0 spiro atoms. The van der Waals surface area contributed by atoms with E-state index in [1.807, 2.05) is 0 Å². The first kappa shape index (κ1) is 21.9. The zero-order chi connectivity index (χ0) is 17.5. The lowest BCUT2D eigenvalue weighted by Gasteiger charge is -2.25. The molecule has 0 bridgehead atoms. The second-order valence-corrected chi connectivity index (χ2v) is 7.43. The average Bonchev–Trinajstić information content (AvgIpc) is 2.94. The summed E-state index contributed by atoms with van der Waals surface area (Å²) >= 11 is 1.81. The number of carbonyl (C=O) groups excluding carboxylic acids is 2. The van der Waals surface area contributed by atoms with Gasteiger partial charge < -0.3 is 10.6 Å². The summed E-state index contributed by atoms with van der Waals surface area (Å²) in [6.45, 7) is 5.11. The molecule has 1 atom stereocenters. The van der Waals surface area contributed by atoms with Crippen LogP contribution in [0.2, 0.25) is 0 Å². The third kappa shape index (κ3) is 6.93. The van der Waals surface area contributed by atoms with Crippen LogP contribution in [0.25, 0.3) is 0 Å². The van der Waals surface area contributed by atoms with Gasteiger partial charge in [0.2, 0.25) is 11.8 Å². The maximum absolute atomic E-state index is 11.8. The number of rotatable bonds is 6. The molecule has 2 amide bonds. The molecule has 6 nitrogen and oxygen atoms in total. The molecule has 2 rings (SSSR count). The van der Waals surface area contributed by atoms with Gasteiger partial charge in [-0.05, 0) is 32.4 Å². The lowest BCUT2D eigenvalue weighted by molar-refractivity contribution is -0.147. The Kier molecular flexibility index (Phi) is 9.41. The molecule has 1 aliphatic rings. The van der Waals surface area contributed by atoms with Gasteiger partial charge in [-0.1, -0.05) is 0 Å². The number of amides is 2. The Morgan fingerprint density at radius 3 is 2.56 bits per heavy atom. The van der Waals surface area contributed by atoms with Crippen LogP contribution in [-0.2, 0) is 16.0 Å². The van der Waals surface area contributed by atoms with E-state index in [0.29, 0.717) is 38.3 Å². The van der Waals surface area contributed by atoms with Crippen molar-refractivity contribution in [2.45, 2.75) is 45.6 Å². The molecule has 0 aliphatic carbocycles. The van der Waals surface area contributed by atoms with Crippen molar-refractivity contribution in [3.63, 3.8) is 0 Å². The van der Waals surface area contributed by atoms with Crippen LogP contribution in [0.1, 0.15) is 35.9 Å². The van der Waals surface area contributed by atoms with Crippen LogP contribution in [0.15, 0.2) is 17.1 Å². The molecular weight excluding hydrogens is 451 g/mol. The number of aliphatic imine (C=N–C) groups is 1. The highest BCUT2D eigenvalue weighted by molar-refractivity contribution is 14.0. The highest BCUT2D eigenvalue weighted by Gasteiger charge is 2.25. The first-order chi connectivity index (χ1) is 11.5. The fourth-order valence-electron chi connectivity index (χ4n) is 2.71. The predicted octanol–water partition coefficient (Wildman–Crippen LogP) is 2.31. The Bertz CT molecular complexity index is 602. The number of nitrogens with one attached hydrogen (secondary N) is 2. The second kappa shape index (κ2) is 10.7. The van der Waals surface area contributed by atoms with Gasteiger partial charge in [0, 0.05) is 55.2 Å². The van der Waals surface area contributed by atoms with Gasteiger partial charge in [-0.25, -0.2) is 0 Å². The molecule has 25 heavy (non-hydrogen) atoms. The quantitative estimate of drug-likeness (QED) is 0.285. The number of aryl methyl sites for hydroxylation is 1.